The molecule has 0 spiro atoms. The molecule has 0 aliphatic carbocycles. The van der Waals surface area contributed by atoms with Crippen molar-refractivity contribution in [1.29, 1.82) is 0 Å². The van der Waals surface area contributed by atoms with Gasteiger partial charge in [0.25, 0.3) is 0 Å². The van der Waals surface area contributed by atoms with Crippen molar-refractivity contribution in [3.05, 3.63) is 69.7 Å². The SMILES string of the molecule is [2H]c1c(C([2H])([2H])C(C)(C)C)c(C([2H])([2H])[2H])c(C)[n+](C)c1-c1c(C)ccc2c1oc1c(C)c([N+]#[C-])ccc12. The molecule has 3 heteroatoms. The zero-order valence-corrected chi connectivity index (χ0v) is 19.1. The Kier molecular flexibility index (Phi) is 3.46. The molecule has 0 fully saturated rings. The van der Waals surface area contributed by atoms with Gasteiger partial charge in [-0.05, 0) is 49.2 Å². The predicted molar refractivity (Wildman–Crippen MR) is 129 cm³/mol. The summed E-state index contributed by atoms with van der Waals surface area (Å²) in [5.41, 5.74) is 3.28. The summed E-state index contributed by atoms with van der Waals surface area (Å²) < 4.78 is 60.1. The van der Waals surface area contributed by atoms with E-state index in [-0.39, 0.29) is 17.2 Å². The molecule has 31 heavy (non-hydrogen) atoms. The fourth-order valence-corrected chi connectivity index (χ4v) is 4.02. The van der Waals surface area contributed by atoms with E-state index in [2.05, 4.69) is 4.85 Å². The number of fused-ring (bicyclic) bond motifs is 3. The summed E-state index contributed by atoms with van der Waals surface area (Å²) in [6.07, 6.45) is -2.11. The molecule has 0 atom stereocenters. The zero-order valence-electron chi connectivity index (χ0n) is 25.1. The monoisotopic (exact) mass is 417 g/mol. The molecule has 2 aromatic heterocycles. The summed E-state index contributed by atoms with van der Waals surface area (Å²) in [4.78, 5) is 3.58. The topological polar surface area (TPSA) is 21.4 Å². The van der Waals surface area contributed by atoms with E-state index in [4.69, 9.17) is 17.8 Å². The van der Waals surface area contributed by atoms with Gasteiger partial charge in [-0.15, -0.1) is 0 Å². The van der Waals surface area contributed by atoms with Gasteiger partial charge in [0.15, 0.2) is 11.4 Å². The first-order valence-corrected chi connectivity index (χ1v) is 10.3. The molecule has 2 aromatic carbocycles. The van der Waals surface area contributed by atoms with Crippen molar-refractivity contribution in [2.24, 2.45) is 12.5 Å². The van der Waals surface area contributed by atoms with Crippen molar-refractivity contribution in [1.82, 2.24) is 0 Å². The van der Waals surface area contributed by atoms with Crippen LogP contribution in [-0.2, 0) is 13.4 Å². The van der Waals surface area contributed by atoms with Gasteiger partial charge in [-0.2, -0.15) is 4.57 Å². The molecule has 4 aromatic rings. The van der Waals surface area contributed by atoms with Gasteiger partial charge >= 0.3 is 0 Å². The fourth-order valence-electron chi connectivity index (χ4n) is 4.02. The van der Waals surface area contributed by atoms with Crippen LogP contribution in [0.2, 0.25) is 0 Å². The number of hydrogen-bond donors (Lipinski definition) is 0. The van der Waals surface area contributed by atoms with Crippen molar-refractivity contribution in [3.8, 4) is 11.3 Å². The molecule has 0 saturated carbocycles. The van der Waals surface area contributed by atoms with Crippen LogP contribution in [0.1, 0.15) is 56.9 Å². The first-order valence-electron chi connectivity index (χ1n) is 13.3. The van der Waals surface area contributed by atoms with Gasteiger partial charge in [0, 0.05) is 36.2 Å². The third-order valence-electron chi connectivity index (χ3n) is 5.79. The van der Waals surface area contributed by atoms with Gasteiger partial charge in [-0.3, -0.25) is 0 Å². The summed E-state index contributed by atoms with van der Waals surface area (Å²) in [7, 11) is 1.71. The Bertz CT molecular complexity index is 1630. The standard InChI is InChI=1S/C28H31N2O/c1-16-10-11-22-21-12-13-23(29-8)18(3)26(21)31-27(22)25(16)24-14-20(15-28(5,6)7)17(2)19(4)30(24)9/h10-14H,15H2,1-7,9H3/q+1/i2D3,14D,15D2. The van der Waals surface area contributed by atoms with Gasteiger partial charge in [0.05, 0.1) is 13.5 Å². The molecular weight excluding hydrogens is 380 g/mol. The Morgan fingerprint density at radius 2 is 1.77 bits per heavy atom. The van der Waals surface area contributed by atoms with E-state index in [1.54, 1.807) is 45.4 Å². The summed E-state index contributed by atoms with van der Waals surface area (Å²) in [6, 6.07) is 7.32. The van der Waals surface area contributed by atoms with E-state index in [1.807, 2.05) is 32.0 Å². The van der Waals surface area contributed by atoms with Gasteiger partial charge in [0.2, 0.25) is 5.69 Å². The molecule has 2 heterocycles. The number of aryl methyl sites for hydroxylation is 2. The smallest absolute Gasteiger partial charge is 0.216 e. The van der Waals surface area contributed by atoms with Crippen LogP contribution < -0.4 is 4.57 Å². The number of pyridine rings is 1. The summed E-state index contributed by atoms with van der Waals surface area (Å²) in [5.74, 6) is 0. The predicted octanol–water partition coefficient (Wildman–Crippen LogP) is 7.45. The molecule has 158 valence electrons. The van der Waals surface area contributed by atoms with Crippen molar-refractivity contribution in [2.45, 2.75) is 54.8 Å². The highest BCUT2D eigenvalue weighted by Crippen LogP contribution is 2.40. The van der Waals surface area contributed by atoms with Crippen LogP contribution >= 0.6 is 0 Å². The van der Waals surface area contributed by atoms with Crippen molar-refractivity contribution in [2.75, 3.05) is 0 Å². The minimum Gasteiger partial charge on any atom is -0.456 e. The number of rotatable bonds is 2. The molecule has 0 amide bonds. The van der Waals surface area contributed by atoms with Crippen LogP contribution in [0.5, 0.6) is 0 Å². The average molecular weight is 418 g/mol. The van der Waals surface area contributed by atoms with E-state index >= 15 is 0 Å². The highest BCUT2D eigenvalue weighted by molar-refractivity contribution is 6.11. The highest BCUT2D eigenvalue weighted by Gasteiger charge is 2.26. The number of furan rings is 1. The third-order valence-corrected chi connectivity index (χ3v) is 5.79. The lowest BCUT2D eigenvalue weighted by molar-refractivity contribution is -0.667. The van der Waals surface area contributed by atoms with E-state index in [0.29, 0.717) is 33.8 Å². The second-order valence-corrected chi connectivity index (χ2v) is 9.18. The summed E-state index contributed by atoms with van der Waals surface area (Å²) in [5, 5.41) is 1.66. The number of benzene rings is 2. The van der Waals surface area contributed by atoms with Crippen LogP contribution in [0.25, 0.3) is 38.0 Å². The summed E-state index contributed by atoms with van der Waals surface area (Å²) in [6.45, 7) is 15.4. The molecule has 0 aliphatic rings. The lowest BCUT2D eigenvalue weighted by Crippen LogP contribution is -2.36. The largest absolute Gasteiger partial charge is 0.456 e. The fraction of sp³-hybridized carbons (Fsp3) is 0.357. The Labute approximate surface area is 193 Å². The second-order valence-electron chi connectivity index (χ2n) is 9.18. The first-order chi connectivity index (χ1) is 16.9. The lowest BCUT2D eigenvalue weighted by Gasteiger charge is -2.20. The summed E-state index contributed by atoms with van der Waals surface area (Å²) >= 11 is 0. The first kappa shape index (κ1) is 14.8. The highest BCUT2D eigenvalue weighted by atomic mass is 16.3. The van der Waals surface area contributed by atoms with Crippen molar-refractivity contribution in [3.63, 3.8) is 0 Å². The molecule has 3 nitrogen and oxygen atoms in total. The lowest BCUT2D eigenvalue weighted by atomic mass is 9.85. The van der Waals surface area contributed by atoms with Gasteiger partial charge in [0.1, 0.15) is 18.2 Å². The molecular formula is C28H31N2O+. The maximum atomic E-state index is 9.30. The Hall–Kier alpha value is -3.12. The normalized spacial score (nSPS) is 15.7. The molecule has 4 rings (SSSR count). The maximum absolute atomic E-state index is 9.30. The van der Waals surface area contributed by atoms with Crippen LogP contribution in [0.3, 0.4) is 0 Å². The van der Waals surface area contributed by atoms with E-state index in [0.717, 1.165) is 21.9 Å². The number of aromatic nitrogens is 1. The minimum atomic E-state index is -2.61. The molecule has 0 aliphatic heterocycles. The Balaban J connectivity index is 2.25. The average Bonchev–Trinajstić information content (AvgIpc) is 3.15. The van der Waals surface area contributed by atoms with E-state index in [1.165, 1.54) is 0 Å². The Morgan fingerprint density at radius 1 is 1.10 bits per heavy atom. The van der Waals surface area contributed by atoms with Gasteiger partial charge in [-0.1, -0.05) is 45.0 Å². The molecule has 0 saturated heterocycles. The number of hydrogen-bond acceptors (Lipinski definition) is 1. The zero-order chi connectivity index (χ0) is 27.8. The van der Waals surface area contributed by atoms with Crippen LogP contribution in [0.15, 0.2) is 34.7 Å². The van der Waals surface area contributed by atoms with Crippen LogP contribution in [-0.4, -0.2) is 0 Å². The minimum absolute atomic E-state index is 0.121. The van der Waals surface area contributed by atoms with Gasteiger partial charge in [-0.25, -0.2) is 4.85 Å². The maximum Gasteiger partial charge on any atom is 0.216 e. The van der Waals surface area contributed by atoms with E-state index < -0.39 is 18.6 Å². The molecule has 0 N–H and O–H groups in total. The van der Waals surface area contributed by atoms with Crippen molar-refractivity contribution < 1.29 is 17.2 Å². The van der Waals surface area contributed by atoms with Gasteiger partial charge < -0.3 is 4.42 Å². The van der Waals surface area contributed by atoms with Crippen molar-refractivity contribution >= 4 is 27.6 Å². The Morgan fingerprint density at radius 3 is 2.42 bits per heavy atom. The molecule has 0 radical (unpaired) electrons. The number of nitrogens with zero attached hydrogens (tertiary/aromatic N) is 2. The van der Waals surface area contributed by atoms with Crippen LogP contribution in [0.4, 0.5) is 5.69 Å². The quantitative estimate of drug-likeness (QED) is 0.245. The molecule has 0 bridgehead atoms. The second kappa shape index (κ2) is 7.24. The molecule has 0 unspecified atom stereocenters. The third kappa shape index (κ3) is 3.41. The van der Waals surface area contributed by atoms with E-state index in [9.17, 15) is 1.37 Å². The van der Waals surface area contributed by atoms with Crippen LogP contribution in [0, 0.1) is 39.6 Å².